The van der Waals surface area contributed by atoms with Crippen molar-refractivity contribution in [3.05, 3.63) is 60.9 Å². The van der Waals surface area contributed by atoms with Crippen LogP contribution in [0.25, 0.3) is 0 Å². The Morgan fingerprint density at radius 3 is 1.62 bits per heavy atom. The van der Waals surface area contributed by atoms with Crippen LogP contribution in [0.4, 0.5) is 0 Å². The highest BCUT2D eigenvalue weighted by Gasteiger charge is 1.94. The van der Waals surface area contributed by atoms with Crippen LogP contribution in [0, 0.1) is 0 Å². The second-order valence-corrected chi connectivity index (χ2v) is 2.39. The molecule has 68 valence electrons. The highest BCUT2D eigenvalue weighted by Crippen LogP contribution is 1.96. The van der Waals surface area contributed by atoms with Gasteiger partial charge in [0, 0.05) is 0 Å². The van der Waals surface area contributed by atoms with E-state index in [0.717, 1.165) is 0 Å². The Kier molecular flexibility index (Phi) is 4.43. The third kappa shape index (κ3) is 4.82. The van der Waals surface area contributed by atoms with E-state index in [1.807, 2.05) is 36.4 Å². The van der Waals surface area contributed by atoms with E-state index < -0.39 is 6.29 Å². The van der Waals surface area contributed by atoms with E-state index in [1.54, 1.807) is 18.2 Å². The molecule has 0 aromatic heterocycles. The van der Waals surface area contributed by atoms with Crippen molar-refractivity contribution < 1.29 is 9.84 Å². The quantitative estimate of drug-likeness (QED) is 0.655. The molecule has 1 aliphatic rings. The summed E-state index contributed by atoms with van der Waals surface area (Å²) >= 11 is 0. The summed E-state index contributed by atoms with van der Waals surface area (Å²) in [5, 5.41) is 8.55. The van der Waals surface area contributed by atoms with Gasteiger partial charge in [0.25, 0.3) is 0 Å². The Morgan fingerprint density at radius 1 is 0.846 bits per heavy atom. The van der Waals surface area contributed by atoms with Crippen LogP contribution in [0.15, 0.2) is 60.9 Å². The maximum Gasteiger partial charge on any atom is 0.216 e. The summed E-state index contributed by atoms with van der Waals surface area (Å²) in [4.78, 5) is 0. The molecule has 1 aliphatic heterocycles. The summed E-state index contributed by atoms with van der Waals surface area (Å²) in [7, 11) is 0. The van der Waals surface area contributed by atoms with Gasteiger partial charge in [-0.2, -0.15) is 0 Å². The number of aliphatic hydroxyl groups excluding tert-OH is 1. The molecule has 0 saturated carbocycles. The average Bonchev–Trinajstić information content (AvgIpc) is 2.22. The third-order valence-corrected chi connectivity index (χ3v) is 1.35. The fraction of sp³-hybridized carbons (Fsp3) is 0.0909. The van der Waals surface area contributed by atoms with Crippen LogP contribution >= 0.6 is 0 Å². The van der Waals surface area contributed by atoms with Crippen molar-refractivity contribution in [3.63, 3.8) is 0 Å². The summed E-state index contributed by atoms with van der Waals surface area (Å²) in [5.41, 5.74) is 0. The first-order valence-electron chi connectivity index (χ1n) is 4.06. The van der Waals surface area contributed by atoms with Gasteiger partial charge in [-0.3, -0.25) is 0 Å². The van der Waals surface area contributed by atoms with Gasteiger partial charge in [-0.15, -0.1) is 0 Å². The van der Waals surface area contributed by atoms with Crippen LogP contribution in [-0.4, -0.2) is 11.4 Å². The van der Waals surface area contributed by atoms with Gasteiger partial charge in [-0.05, 0) is 12.2 Å². The summed E-state index contributed by atoms with van der Waals surface area (Å²) in [6.07, 6.45) is 5.72. The van der Waals surface area contributed by atoms with Crippen molar-refractivity contribution in [1.82, 2.24) is 0 Å². The minimum Gasteiger partial charge on any atom is -0.469 e. The van der Waals surface area contributed by atoms with E-state index in [-0.39, 0.29) is 0 Å². The van der Waals surface area contributed by atoms with Crippen LogP contribution in [0.1, 0.15) is 0 Å². The molecule has 0 aliphatic carbocycles. The van der Waals surface area contributed by atoms with Crippen molar-refractivity contribution in [3.8, 4) is 0 Å². The molecule has 1 aromatic carbocycles. The van der Waals surface area contributed by atoms with E-state index in [4.69, 9.17) is 5.11 Å². The van der Waals surface area contributed by atoms with Gasteiger partial charge in [0.2, 0.25) is 6.29 Å². The molecular weight excluding hydrogens is 164 g/mol. The van der Waals surface area contributed by atoms with Crippen LogP contribution in [0.5, 0.6) is 0 Å². The highest BCUT2D eigenvalue weighted by atomic mass is 16.6. The van der Waals surface area contributed by atoms with Crippen molar-refractivity contribution >= 4 is 0 Å². The van der Waals surface area contributed by atoms with Crippen molar-refractivity contribution in [2.75, 3.05) is 0 Å². The minimum absolute atomic E-state index is 0.731. The smallest absolute Gasteiger partial charge is 0.216 e. The monoisotopic (exact) mass is 176 g/mol. The second-order valence-electron chi connectivity index (χ2n) is 2.39. The van der Waals surface area contributed by atoms with E-state index in [1.165, 1.54) is 6.26 Å². The summed E-state index contributed by atoms with van der Waals surface area (Å²) in [6.45, 7) is 0. The Hall–Kier alpha value is -1.54. The lowest BCUT2D eigenvalue weighted by molar-refractivity contribution is -0.0132. The van der Waals surface area contributed by atoms with Gasteiger partial charge < -0.3 is 9.84 Å². The van der Waals surface area contributed by atoms with Gasteiger partial charge in [-0.25, -0.2) is 0 Å². The van der Waals surface area contributed by atoms with Gasteiger partial charge >= 0.3 is 0 Å². The fourth-order valence-electron chi connectivity index (χ4n) is 0.761. The SMILES string of the molecule is OC1C=CC=CO1.c1ccccc1. The molecule has 0 bridgehead atoms. The Morgan fingerprint density at radius 2 is 1.38 bits per heavy atom. The average molecular weight is 176 g/mol. The van der Waals surface area contributed by atoms with Crippen LogP contribution in [-0.2, 0) is 4.74 Å². The normalized spacial score (nSPS) is 18.4. The molecule has 1 aromatic rings. The molecule has 1 N–H and O–H groups in total. The van der Waals surface area contributed by atoms with E-state index in [9.17, 15) is 0 Å². The van der Waals surface area contributed by atoms with Gasteiger partial charge in [-0.1, -0.05) is 42.5 Å². The molecule has 0 saturated heterocycles. The van der Waals surface area contributed by atoms with E-state index >= 15 is 0 Å². The Balaban J connectivity index is 0.000000132. The molecule has 0 radical (unpaired) electrons. The second kappa shape index (κ2) is 6.03. The molecule has 2 rings (SSSR count). The highest BCUT2D eigenvalue weighted by molar-refractivity contribution is 5.04. The molecule has 1 atom stereocenters. The molecule has 0 amide bonds. The number of hydrogen-bond donors (Lipinski definition) is 1. The molecule has 0 fully saturated rings. The van der Waals surface area contributed by atoms with Gasteiger partial charge in [0.15, 0.2) is 0 Å². The molecule has 1 heterocycles. The predicted octanol–water partition coefficient (Wildman–Crippen LogP) is 2.09. The van der Waals surface area contributed by atoms with E-state index in [0.29, 0.717) is 0 Å². The first-order valence-corrected chi connectivity index (χ1v) is 4.06. The lowest BCUT2D eigenvalue weighted by Gasteiger charge is -2.05. The number of benzene rings is 1. The van der Waals surface area contributed by atoms with Crippen LogP contribution in [0.2, 0.25) is 0 Å². The maximum absolute atomic E-state index is 8.55. The largest absolute Gasteiger partial charge is 0.469 e. The number of allylic oxidation sites excluding steroid dienone is 2. The van der Waals surface area contributed by atoms with Crippen molar-refractivity contribution in [1.29, 1.82) is 0 Å². The number of ether oxygens (including phenoxy) is 1. The molecule has 0 spiro atoms. The Labute approximate surface area is 77.8 Å². The molecular formula is C11H12O2. The fourth-order valence-corrected chi connectivity index (χ4v) is 0.761. The molecule has 13 heavy (non-hydrogen) atoms. The molecule has 1 unspecified atom stereocenters. The standard InChI is InChI=1S/C6H6.C5H6O2/c1-2-4-6-5-3-1;6-5-3-1-2-4-7-5/h1-6H;1-6H. The maximum atomic E-state index is 8.55. The zero-order valence-corrected chi connectivity index (χ0v) is 7.21. The Bertz CT molecular complexity index is 238. The molecule has 2 nitrogen and oxygen atoms in total. The van der Waals surface area contributed by atoms with Gasteiger partial charge in [0.1, 0.15) is 0 Å². The molecule has 2 heteroatoms. The lowest BCUT2D eigenvalue weighted by Crippen LogP contribution is -2.04. The third-order valence-electron chi connectivity index (χ3n) is 1.35. The van der Waals surface area contributed by atoms with Crippen molar-refractivity contribution in [2.24, 2.45) is 0 Å². The number of rotatable bonds is 0. The lowest BCUT2D eigenvalue weighted by atomic mass is 10.4. The van der Waals surface area contributed by atoms with Crippen molar-refractivity contribution in [2.45, 2.75) is 6.29 Å². The zero-order chi connectivity index (χ0) is 9.36. The summed E-state index contributed by atoms with van der Waals surface area (Å²) in [6, 6.07) is 12.0. The number of hydrogen-bond acceptors (Lipinski definition) is 2. The van der Waals surface area contributed by atoms with Gasteiger partial charge in [0.05, 0.1) is 6.26 Å². The predicted molar refractivity (Wildman–Crippen MR) is 51.8 cm³/mol. The first-order chi connectivity index (χ1) is 6.39. The summed E-state index contributed by atoms with van der Waals surface area (Å²) in [5.74, 6) is 0. The first kappa shape index (κ1) is 9.55. The van der Waals surface area contributed by atoms with E-state index in [2.05, 4.69) is 4.74 Å². The topological polar surface area (TPSA) is 29.5 Å². The summed E-state index contributed by atoms with van der Waals surface area (Å²) < 4.78 is 4.57. The number of aliphatic hydroxyl groups is 1. The minimum atomic E-state index is -0.731. The van der Waals surface area contributed by atoms with Crippen LogP contribution < -0.4 is 0 Å². The van der Waals surface area contributed by atoms with Crippen LogP contribution in [0.3, 0.4) is 0 Å². The zero-order valence-electron chi connectivity index (χ0n) is 7.21.